The second-order valence-corrected chi connectivity index (χ2v) is 5.11. The number of likely N-dealkylation sites (N-methyl/N-ethyl adjacent to an activating group) is 1. The van der Waals surface area contributed by atoms with Gasteiger partial charge in [-0.05, 0) is 31.0 Å². The van der Waals surface area contributed by atoms with Gasteiger partial charge >= 0.3 is 0 Å². The standard InChI is InChI=1S/C13H19NO/c1-9-8-14(4)12-6-5-10(7-11(9)12)13(2,3)15/h5-7,9,15H,8H2,1-4H3. The minimum atomic E-state index is -0.740. The number of benzene rings is 1. The van der Waals surface area contributed by atoms with Gasteiger partial charge in [0, 0.05) is 25.2 Å². The smallest absolute Gasteiger partial charge is 0.0840 e. The molecule has 15 heavy (non-hydrogen) atoms. The predicted octanol–water partition coefficient (Wildman–Crippen LogP) is 2.47. The van der Waals surface area contributed by atoms with Gasteiger partial charge in [-0.15, -0.1) is 0 Å². The quantitative estimate of drug-likeness (QED) is 0.761. The summed E-state index contributed by atoms with van der Waals surface area (Å²) in [5.41, 5.74) is 2.92. The lowest BCUT2D eigenvalue weighted by atomic mass is 9.93. The maximum atomic E-state index is 9.96. The van der Waals surface area contributed by atoms with Gasteiger partial charge in [-0.1, -0.05) is 19.1 Å². The Morgan fingerprint density at radius 1 is 1.40 bits per heavy atom. The highest BCUT2D eigenvalue weighted by molar-refractivity contribution is 5.60. The topological polar surface area (TPSA) is 23.5 Å². The van der Waals surface area contributed by atoms with Crippen molar-refractivity contribution in [3.63, 3.8) is 0 Å². The summed E-state index contributed by atoms with van der Waals surface area (Å²) in [6.07, 6.45) is 0. The fourth-order valence-electron chi connectivity index (χ4n) is 2.28. The van der Waals surface area contributed by atoms with Crippen LogP contribution >= 0.6 is 0 Å². The Bertz CT molecular complexity index is 379. The van der Waals surface area contributed by atoms with E-state index in [1.165, 1.54) is 11.3 Å². The molecule has 2 heteroatoms. The first kappa shape index (κ1) is 10.5. The van der Waals surface area contributed by atoms with Crippen LogP contribution in [0.5, 0.6) is 0 Å². The molecule has 1 N–H and O–H groups in total. The molecule has 0 saturated heterocycles. The lowest BCUT2D eigenvalue weighted by Gasteiger charge is -2.19. The summed E-state index contributed by atoms with van der Waals surface area (Å²) in [6.45, 7) is 6.97. The minimum absolute atomic E-state index is 0.562. The van der Waals surface area contributed by atoms with Crippen molar-refractivity contribution in [1.82, 2.24) is 0 Å². The Labute approximate surface area is 91.5 Å². The van der Waals surface area contributed by atoms with E-state index in [1.54, 1.807) is 0 Å². The van der Waals surface area contributed by atoms with Gasteiger partial charge in [0.15, 0.2) is 0 Å². The third-order valence-corrected chi connectivity index (χ3v) is 3.22. The van der Waals surface area contributed by atoms with Crippen LogP contribution in [-0.4, -0.2) is 18.7 Å². The normalized spacial score (nSPS) is 20.6. The van der Waals surface area contributed by atoms with Crippen LogP contribution in [0.2, 0.25) is 0 Å². The molecule has 0 fully saturated rings. The van der Waals surface area contributed by atoms with E-state index in [-0.39, 0.29) is 0 Å². The van der Waals surface area contributed by atoms with Crippen LogP contribution in [0.4, 0.5) is 5.69 Å². The van der Waals surface area contributed by atoms with E-state index in [0.29, 0.717) is 5.92 Å². The van der Waals surface area contributed by atoms with Crippen LogP contribution in [0.15, 0.2) is 18.2 Å². The number of aliphatic hydroxyl groups is 1. The van der Waals surface area contributed by atoms with E-state index in [2.05, 4.69) is 31.0 Å². The lowest BCUT2D eigenvalue weighted by molar-refractivity contribution is 0.0785. The zero-order valence-corrected chi connectivity index (χ0v) is 9.91. The van der Waals surface area contributed by atoms with Crippen molar-refractivity contribution in [3.05, 3.63) is 29.3 Å². The molecule has 82 valence electrons. The van der Waals surface area contributed by atoms with E-state index in [4.69, 9.17) is 0 Å². The molecule has 2 nitrogen and oxygen atoms in total. The predicted molar refractivity (Wildman–Crippen MR) is 63.4 cm³/mol. The molecular weight excluding hydrogens is 186 g/mol. The Balaban J connectivity index is 2.48. The van der Waals surface area contributed by atoms with Gasteiger partial charge in [0.05, 0.1) is 5.60 Å². The molecule has 1 aliphatic rings. The van der Waals surface area contributed by atoms with E-state index >= 15 is 0 Å². The van der Waals surface area contributed by atoms with Gasteiger partial charge in [-0.25, -0.2) is 0 Å². The molecule has 0 saturated carbocycles. The average molecular weight is 205 g/mol. The van der Waals surface area contributed by atoms with E-state index in [0.717, 1.165) is 12.1 Å². The van der Waals surface area contributed by atoms with Crippen molar-refractivity contribution >= 4 is 5.69 Å². The Morgan fingerprint density at radius 2 is 2.07 bits per heavy atom. The lowest BCUT2D eigenvalue weighted by Crippen LogP contribution is -2.16. The molecule has 1 aromatic rings. The molecule has 1 unspecified atom stereocenters. The number of hydrogen-bond acceptors (Lipinski definition) is 2. The number of rotatable bonds is 1. The summed E-state index contributed by atoms with van der Waals surface area (Å²) in [4.78, 5) is 2.27. The maximum absolute atomic E-state index is 9.96. The molecule has 0 amide bonds. The number of fused-ring (bicyclic) bond motifs is 1. The van der Waals surface area contributed by atoms with Gasteiger partial charge < -0.3 is 10.0 Å². The molecule has 1 aromatic carbocycles. The van der Waals surface area contributed by atoms with Gasteiger partial charge in [0.25, 0.3) is 0 Å². The summed E-state index contributed by atoms with van der Waals surface area (Å²) >= 11 is 0. The van der Waals surface area contributed by atoms with Crippen molar-refractivity contribution in [3.8, 4) is 0 Å². The monoisotopic (exact) mass is 205 g/mol. The van der Waals surface area contributed by atoms with Gasteiger partial charge in [0.1, 0.15) is 0 Å². The summed E-state index contributed by atoms with van der Waals surface area (Å²) < 4.78 is 0. The van der Waals surface area contributed by atoms with E-state index in [9.17, 15) is 5.11 Å². The molecule has 0 bridgehead atoms. The van der Waals surface area contributed by atoms with Gasteiger partial charge in [0.2, 0.25) is 0 Å². The summed E-state index contributed by atoms with van der Waals surface area (Å²) in [5.74, 6) is 0.562. The van der Waals surface area contributed by atoms with Crippen molar-refractivity contribution < 1.29 is 5.11 Å². The molecule has 0 aromatic heterocycles. The van der Waals surface area contributed by atoms with Crippen molar-refractivity contribution in [2.45, 2.75) is 32.3 Å². The molecule has 2 rings (SSSR count). The van der Waals surface area contributed by atoms with Gasteiger partial charge in [-0.2, -0.15) is 0 Å². The zero-order valence-electron chi connectivity index (χ0n) is 9.91. The average Bonchev–Trinajstić information content (AvgIpc) is 2.41. The SMILES string of the molecule is CC1CN(C)c2ccc(C(C)(C)O)cc21. The number of nitrogens with zero attached hydrogens (tertiary/aromatic N) is 1. The number of anilines is 1. The summed E-state index contributed by atoms with van der Waals surface area (Å²) in [7, 11) is 2.12. The van der Waals surface area contributed by atoms with Crippen molar-refractivity contribution in [2.75, 3.05) is 18.5 Å². The molecule has 1 atom stereocenters. The second-order valence-electron chi connectivity index (χ2n) is 5.11. The van der Waals surface area contributed by atoms with E-state index in [1.807, 2.05) is 19.9 Å². The van der Waals surface area contributed by atoms with Gasteiger partial charge in [-0.3, -0.25) is 0 Å². The molecule has 0 aliphatic carbocycles. The Kier molecular flexibility index (Phi) is 2.27. The first-order chi connectivity index (χ1) is 6.89. The van der Waals surface area contributed by atoms with Crippen LogP contribution in [0, 0.1) is 0 Å². The van der Waals surface area contributed by atoms with Crippen molar-refractivity contribution in [2.24, 2.45) is 0 Å². The Morgan fingerprint density at radius 3 is 2.67 bits per heavy atom. The van der Waals surface area contributed by atoms with E-state index < -0.39 is 5.60 Å². The van der Waals surface area contributed by atoms with Crippen molar-refractivity contribution in [1.29, 1.82) is 0 Å². The first-order valence-corrected chi connectivity index (χ1v) is 5.47. The zero-order chi connectivity index (χ0) is 11.2. The third-order valence-electron chi connectivity index (χ3n) is 3.22. The van der Waals surface area contributed by atoms with Crippen LogP contribution in [0.25, 0.3) is 0 Å². The van der Waals surface area contributed by atoms with Crippen LogP contribution in [0.1, 0.15) is 37.8 Å². The fraction of sp³-hybridized carbons (Fsp3) is 0.538. The largest absolute Gasteiger partial charge is 0.386 e. The Hall–Kier alpha value is -1.02. The molecule has 0 spiro atoms. The number of hydrogen-bond donors (Lipinski definition) is 1. The minimum Gasteiger partial charge on any atom is -0.386 e. The highest BCUT2D eigenvalue weighted by Crippen LogP contribution is 2.37. The highest BCUT2D eigenvalue weighted by Gasteiger charge is 2.25. The fourth-order valence-corrected chi connectivity index (χ4v) is 2.28. The highest BCUT2D eigenvalue weighted by atomic mass is 16.3. The third kappa shape index (κ3) is 1.74. The first-order valence-electron chi connectivity index (χ1n) is 5.47. The maximum Gasteiger partial charge on any atom is 0.0840 e. The van der Waals surface area contributed by atoms with Crippen LogP contribution in [-0.2, 0) is 5.60 Å². The summed E-state index contributed by atoms with van der Waals surface area (Å²) in [5, 5.41) is 9.96. The molecule has 0 radical (unpaired) electrons. The molecule has 1 heterocycles. The summed E-state index contributed by atoms with van der Waals surface area (Å²) in [6, 6.07) is 6.28. The van der Waals surface area contributed by atoms with Crippen LogP contribution in [0.3, 0.4) is 0 Å². The molecular formula is C13H19NO. The second kappa shape index (κ2) is 3.24. The van der Waals surface area contributed by atoms with Crippen LogP contribution < -0.4 is 4.90 Å². The molecule has 1 aliphatic heterocycles.